The van der Waals surface area contributed by atoms with Crippen molar-refractivity contribution in [2.75, 3.05) is 19.6 Å². The van der Waals surface area contributed by atoms with E-state index in [0.29, 0.717) is 42.2 Å². The molecule has 26 heavy (non-hydrogen) atoms. The van der Waals surface area contributed by atoms with Gasteiger partial charge in [-0.05, 0) is 32.4 Å². The first-order valence-corrected chi connectivity index (χ1v) is 10.1. The minimum atomic E-state index is -0.462. The highest BCUT2D eigenvalue weighted by atomic mass is 32.1. The molecular formula is C19H26N2O4S. The Morgan fingerprint density at radius 3 is 2.50 bits per heavy atom. The van der Waals surface area contributed by atoms with Gasteiger partial charge < -0.3 is 14.5 Å². The van der Waals surface area contributed by atoms with Crippen molar-refractivity contribution in [1.29, 1.82) is 0 Å². The number of ether oxygens (including phenoxy) is 1. The molecule has 1 aromatic rings. The minimum Gasteiger partial charge on any atom is -0.441 e. The third-order valence-electron chi connectivity index (χ3n) is 5.36. The Bertz CT molecular complexity index is 706. The first-order chi connectivity index (χ1) is 12.3. The number of hydrogen-bond acceptors (Lipinski definition) is 5. The van der Waals surface area contributed by atoms with Gasteiger partial charge >= 0.3 is 6.09 Å². The normalized spacial score (nSPS) is 20.3. The van der Waals surface area contributed by atoms with E-state index in [0.717, 1.165) is 12.8 Å². The van der Waals surface area contributed by atoms with Crippen LogP contribution >= 0.6 is 11.3 Å². The number of Topliss-reactive ketones (excluding diaryl/α,β-unsaturated/α-hetero) is 1. The third kappa shape index (κ3) is 3.63. The molecule has 0 aliphatic carbocycles. The highest BCUT2D eigenvalue weighted by Gasteiger charge is 2.48. The molecule has 3 rings (SSSR count). The zero-order valence-electron chi connectivity index (χ0n) is 15.6. The van der Waals surface area contributed by atoms with E-state index in [-0.39, 0.29) is 23.8 Å². The molecule has 1 aromatic heterocycles. The van der Waals surface area contributed by atoms with Crippen LogP contribution in [0.2, 0.25) is 0 Å². The van der Waals surface area contributed by atoms with E-state index in [2.05, 4.69) is 13.8 Å². The number of carbonyl (C=O) groups is 3. The van der Waals surface area contributed by atoms with Crippen LogP contribution in [0.5, 0.6) is 0 Å². The average molecular weight is 378 g/mol. The van der Waals surface area contributed by atoms with Crippen molar-refractivity contribution in [3.8, 4) is 0 Å². The highest BCUT2D eigenvalue weighted by Crippen LogP contribution is 2.35. The SMILES string of the molecule is CCC[C@H](C)N1CC2(CCN(C(=O)c3ccc(C(C)=O)s3)CC2)OC1=O. The van der Waals surface area contributed by atoms with Crippen LogP contribution in [0, 0.1) is 0 Å². The van der Waals surface area contributed by atoms with Gasteiger partial charge in [0.2, 0.25) is 0 Å². The number of nitrogens with zero attached hydrogens (tertiary/aromatic N) is 2. The number of ketones is 1. The molecule has 2 aliphatic rings. The van der Waals surface area contributed by atoms with Crippen molar-refractivity contribution < 1.29 is 19.1 Å². The molecule has 1 spiro atoms. The Morgan fingerprint density at radius 2 is 1.92 bits per heavy atom. The van der Waals surface area contributed by atoms with Crippen molar-refractivity contribution in [2.45, 2.75) is 58.1 Å². The van der Waals surface area contributed by atoms with E-state index < -0.39 is 5.60 Å². The first-order valence-electron chi connectivity index (χ1n) is 9.25. The lowest BCUT2D eigenvalue weighted by molar-refractivity contribution is 0.00320. The van der Waals surface area contributed by atoms with Crippen molar-refractivity contribution in [3.63, 3.8) is 0 Å². The van der Waals surface area contributed by atoms with Crippen LogP contribution in [0.1, 0.15) is 65.8 Å². The van der Waals surface area contributed by atoms with Crippen molar-refractivity contribution in [1.82, 2.24) is 9.80 Å². The number of piperidine rings is 1. The Balaban J connectivity index is 1.61. The molecule has 0 aromatic carbocycles. The molecule has 3 heterocycles. The van der Waals surface area contributed by atoms with E-state index in [1.807, 2.05) is 4.90 Å². The van der Waals surface area contributed by atoms with Crippen molar-refractivity contribution in [2.24, 2.45) is 0 Å². The summed E-state index contributed by atoms with van der Waals surface area (Å²) in [5.74, 6) is -0.0660. The fourth-order valence-corrected chi connectivity index (χ4v) is 4.61. The molecule has 142 valence electrons. The fourth-order valence-electron chi connectivity index (χ4n) is 3.74. The summed E-state index contributed by atoms with van der Waals surface area (Å²) >= 11 is 1.24. The van der Waals surface area contributed by atoms with E-state index >= 15 is 0 Å². The Labute approximate surface area is 158 Å². The third-order valence-corrected chi connectivity index (χ3v) is 6.54. The van der Waals surface area contributed by atoms with Gasteiger partial charge in [-0.3, -0.25) is 9.59 Å². The van der Waals surface area contributed by atoms with Gasteiger partial charge in [-0.1, -0.05) is 13.3 Å². The van der Waals surface area contributed by atoms with Crippen LogP contribution in [-0.4, -0.2) is 58.9 Å². The molecule has 0 unspecified atom stereocenters. The van der Waals surface area contributed by atoms with Gasteiger partial charge in [-0.2, -0.15) is 0 Å². The summed E-state index contributed by atoms with van der Waals surface area (Å²) in [6, 6.07) is 3.61. The standard InChI is InChI=1S/C19H26N2O4S/c1-4-5-13(2)21-12-19(25-18(21)24)8-10-20(11-9-19)17(23)16-7-6-15(26-16)14(3)22/h6-7,13H,4-5,8-12H2,1-3H3/t13-/m0/s1. The number of carbonyl (C=O) groups excluding carboxylic acids is 3. The monoisotopic (exact) mass is 378 g/mol. The van der Waals surface area contributed by atoms with Gasteiger partial charge in [0, 0.05) is 32.0 Å². The van der Waals surface area contributed by atoms with Crippen LogP contribution in [0.25, 0.3) is 0 Å². The van der Waals surface area contributed by atoms with Gasteiger partial charge in [-0.15, -0.1) is 11.3 Å². The molecular weight excluding hydrogens is 352 g/mol. The first kappa shape index (κ1) is 18.9. The van der Waals surface area contributed by atoms with E-state index in [9.17, 15) is 14.4 Å². The molecule has 0 bridgehead atoms. The van der Waals surface area contributed by atoms with Crippen LogP contribution < -0.4 is 0 Å². The molecule has 0 N–H and O–H groups in total. The molecule has 2 amide bonds. The molecule has 2 fully saturated rings. The van der Waals surface area contributed by atoms with E-state index in [1.165, 1.54) is 18.3 Å². The highest BCUT2D eigenvalue weighted by molar-refractivity contribution is 7.15. The molecule has 0 radical (unpaired) electrons. The molecule has 2 aliphatic heterocycles. The van der Waals surface area contributed by atoms with Gasteiger partial charge in [0.1, 0.15) is 5.60 Å². The number of hydrogen-bond donors (Lipinski definition) is 0. The topological polar surface area (TPSA) is 66.9 Å². The van der Waals surface area contributed by atoms with Gasteiger partial charge in [0.05, 0.1) is 16.3 Å². The zero-order valence-corrected chi connectivity index (χ0v) is 16.4. The lowest BCUT2D eigenvalue weighted by atomic mass is 9.91. The summed E-state index contributed by atoms with van der Waals surface area (Å²) in [6.45, 7) is 7.42. The second-order valence-electron chi connectivity index (χ2n) is 7.33. The summed E-state index contributed by atoms with van der Waals surface area (Å²) < 4.78 is 5.75. The molecule has 7 heteroatoms. The zero-order chi connectivity index (χ0) is 18.9. The van der Waals surface area contributed by atoms with Gasteiger partial charge in [0.25, 0.3) is 5.91 Å². The van der Waals surface area contributed by atoms with Crippen LogP contribution in [0.15, 0.2) is 12.1 Å². The summed E-state index contributed by atoms with van der Waals surface area (Å²) in [7, 11) is 0. The Hall–Kier alpha value is -1.89. The maximum Gasteiger partial charge on any atom is 0.410 e. The number of amides is 2. The predicted octanol–water partition coefficient (Wildman–Crippen LogP) is 3.57. The van der Waals surface area contributed by atoms with Crippen LogP contribution in [-0.2, 0) is 4.74 Å². The number of rotatable bonds is 5. The predicted molar refractivity (Wildman–Crippen MR) is 99.7 cm³/mol. The van der Waals surface area contributed by atoms with Crippen LogP contribution in [0.4, 0.5) is 4.79 Å². The summed E-state index contributed by atoms with van der Waals surface area (Å²) in [4.78, 5) is 41.2. The largest absolute Gasteiger partial charge is 0.441 e. The second-order valence-corrected chi connectivity index (χ2v) is 8.41. The second kappa shape index (κ2) is 7.39. The lowest BCUT2D eigenvalue weighted by Crippen LogP contribution is -2.49. The number of likely N-dealkylation sites (tertiary alicyclic amines) is 1. The van der Waals surface area contributed by atoms with E-state index in [4.69, 9.17) is 4.74 Å². The molecule has 2 saturated heterocycles. The van der Waals surface area contributed by atoms with E-state index in [1.54, 1.807) is 17.0 Å². The fraction of sp³-hybridized carbons (Fsp3) is 0.632. The lowest BCUT2D eigenvalue weighted by Gasteiger charge is -2.37. The number of thiophene rings is 1. The Morgan fingerprint density at radius 1 is 1.27 bits per heavy atom. The average Bonchev–Trinajstić information content (AvgIpc) is 3.21. The quantitative estimate of drug-likeness (QED) is 0.735. The van der Waals surface area contributed by atoms with Crippen molar-refractivity contribution >= 4 is 29.1 Å². The summed E-state index contributed by atoms with van der Waals surface area (Å²) in [5.41, 5.74) is -0.462. The van der Waals surface area contributed by atoms with Crippen molar-refractivity contribution in [3.05, 3.63) is 21.9 Å². The van der Waals surface area contributed by atoms with Gasteiger partial charge in [-0.25, -0.2) is 4.79 Å². The molecule has 1 atom stereocenters. The minimum absolute atomic E-state index is 0.0224. The Kier molecular flexibility index (Phi) is 5.37. The summed E-state index contributed by atoms with van der Waals surface area (Å²) in [6.07, 6.45) is 3.08. The molecule has 0 saturated carbocycles. The maximum absolute atomic E-state index is 12.7. The smallest absolute Gasteiger partial charge is 0.410 e. The maximum atomic E-state index is 12.7. The van der Waals surface area contributed by atoms with Gasteiger partial charge in [0.15, 0.2) is 5.78 Å². The summed E-state index contributed by atoms with van der Waals surface area (Å²) in [5, 5.41) is 0. The molecule has 6 nitrogen and oxygen atoms in total. The van der Waals surface area contributed by atoms with Crippen LogP contribution in [0.3, 0.4) is 0 Å².